The first-order chi connectivity index (χ1) is 21.9. The second kappa shape index (κ2) is 15.4. The lowest BCUT2D eigenvalue weighted by Crippen LogP contribution is -2.50. The van der Waals surface area contributed by atoms with Gasteiger partial charge in [0, 0.05) is 61.8 Å². The first kappa shape index (κ1) is 34.7. The maximum Gasteiger partial charge on any atom is 0.410 e. The third-order valence-electron chi connectivity index (χ3n) is 7.99. The van der Waals surface area contributed by atoms with Crippen LogP contribution in [0.5, 0.6) is 5.75 Å². The quantitative estimate of drug-likeness (QED) is 0.212. The van der Waals surface area contributed by atoms with Gasteiger partial charge in [-0.25, -0.2) is 9.18 Å². The molecule has 46 heavy (non-hydrogen) atoms. The summed E-state index contributed by atoms with van der Waals surface area (Å²) in [5.74, 6) is -1.06. The summed E-state index contributed by atoms with van der Waals surface area (Å²) >= 11 is 6.70. The van der Waals surface area contributed by atoms with Gasteiger partial charge in [-0.15, -0.1) is 0 Å². The molecule has 1 heterocycles. The molecular weight excluding hydrogens is 609 g/mol. The van der Waals surface area contributed by atoms with E-state index in [9.17, 15) is 14.9 Å². The fourth-order valence-corrected chi connectivity index (χ4v) is 5.89. The molecule has 0 saturated carbocycles. The van der Waals surface area contributed by atoms with Crippen molar-refractivity contribution in [2.24, 2.45) is 0 Å². The highest BCUT2D eigenvalue weighted by Gasteiger charge is 2.34. The van der Waals surface area contributed by atoms with Crippen LogP contribution in [-0.2, 0) is 14.3 Å². The van der Waals surface area contributed by atoms with E-state index < -0.39 is 17.5 Å². The molecule has 1 aliphatic heterocycles. The van der Waals surface area contributed by atoms with Crippen LogP contribution in [0.25, 0.3) is 11.1 Å². The van der Waals surface area contributed by atoms with Gasteiger partial charge in [-0.05, 0) is 69.0 Å². The van der Waals surface area contributed by atoms with Crippen LogP contribution in [-0.4, -0.2) is 73.4 Å². The first-order valence-electron chi connectivity index (χ1n) is 15.4. The summed E-state index contributed by atoms with van der Waals surface area (Å²) < 4.78 is 32.5. The Morgan fingerprint density at radius 3 is 2.37 bits per heavy atom. The van der Waals surface area contributed by atoms with Crippen LogP contribution >= 0.6 is 11.6 Å². The Bertz CT molecular complexity index is 1560. The highest BCUT2D eigenvalue weighted by Crippen LogP contribution is 2.39. The summed E-state index contributed by atoms with van der Waals surface area (Å²) in [5, 5.41) is 10.2. The van der Waals surface area contributed by atoms with Crippen molar-refractivity contribution in [1.29, 1.82) is 5.26 Å². The average molecular weight is 650 g/mol. The number of amides is 2. The van der Waals surface area contributed by atoms with Crippen molar-refractivity contribution in [2.45, 2.75) is 58.1 Å². The molecule has 1 unspecified atom stereocenters. The maximum absolute atomic E-state index is 16.0. The smallest absolute Gasteiger partial charge is 0.410 e. The number of benzene rings is 3. The molecule has 3 aromatic rings. The van der Waals surface area contributed by atoms with Crippen LogP contribution in [0.1, 0.15) is 63.1 Å². The third-order valence-corrected chi connectivity index (χ3v) is 8.32. The molecule has 2 amide bonds. The van der Waals surface area contributed by atoms with Crippen LogP contribution in [0.15, 0.2) is 60.7 Å². The Balaban J connectivity index is 1.79. The Morgan fingerprint density at radius 1 is 1.07 bits per heavy atom. The van der Waals surface area contributed by atoms with Crippen LogP contribution in [0.2, 0.25) is 5.02 Å². The van der Waals surface area contributed by atoms with Gasteiger partial charge in [0.25, 0.3) is 0 Å². The number of likely N-dealkylation sites (tertiary alicyclic amines) is 1. The number of piperidine rings is 1. The van der Waals surface area contributed by atoms with Crippen molar-refractivity contribution in [3.8, 4) is 22.9 Å². The Labute approximate surface area is 275 Å². The lowest BCUT2D eigenvalue weighted by Gasteiger charge is -2.40. The molecule has 3 aromatic carbocycles. The van der Waals surface area contributed by atoms with Gasteiger partial charge < -0.3 is 24.0 Å². The zero-order chi connectivity index (χ0) is 33.4. The van der Waals surface area contributed by atoms with E-state index in [0.29, 0.717) is 31.5 Å². The van der Waals surface area contributed by atoms with Gasteiger partial charge in [0.15, 0.2) is 11.6 Å². The number of nitriles is 1. The van der Waals surface area contributed by atoms with E-state index in [0.717, 1.165) is 11.1 Å². The van der Waals surface area contributed by atoms with Gasteiger partial charge >= 0.3 is 6.09 Å². The fraction of sp³-hybridized carbons (Fsp3) is 0.417. The first-order valence-corrected chi connectivity index (χ1v) is 15.8. The lowest BCUT2D eigenvalue weighted by molar-refractivity contribution is -0.130. The van der Waals surface area contributed by atoms with Crippen molar-refractivity contribution in [2.75, 3.05) is 40.0 Å². The van der Waals surface area contributed by atoms with Crippen molar-refractivity contribution in [3.05, 3.63) is 88.2 Å². The van der Waals surface area contributed by atoms with E-state index in [1.54, 1.807) is 28.9 Å². The van der Waals surface area contributed by atoms with Gasteiger partial charge in [-0.3, -0.25) is 4.79 Å². The van der Waals surface area contributed by atoms with E-state index in [-0.39, 0.29) is 59.5 Å². The number of halogens is 2. The summed E-state index contributed by atoms with van der Waals surface area (Å²) in [4.78, 5) is 29.4. The Morgan fingerprint density at radius 2 is 1.76 bits per heavy atom. The van der Waals surface area contributed by atoms with E-state index in [4.69, 9.17) is 25.8 Å². The van der Waals surface area contributed by atoms with Gasteiger partial charge in [0.2, 0.25) is 5.91 Å². The number of hydrogen-bond acceptors (Lipinski definition) is 6. The number of ether oxygens (including phenoxy) is 3. The SMILES string of the molecule is COCCOc1ccc(C#N)c(-c2cc(C(CN(C(=O)OC(C)(C)C)C3CCN(C(C)=O)CC3)c3ccccc3)ccc2Cl)c1F. The normalized spacial score (nSPS) is 14.3. The summed E-state index contributed by atoms with van der Waals surface area (Å²) in [7, 11) is 1.53. The van der Waals surface area contributed by atoms with Gasteiger partial charge in [-0.2, -0.15) is 5.26 Å². The second-order valence-electron chi connectivity index (χ2n) is 12.3. The molecular formula is C36H41ClFN3O5. The molecule has 0 aliphatic carbocycles. The Kier molecular flexibility index (Phi) is 11.7. The van der Waals surface area contributed by atoms with E-state index >= 15 is 4.39 Å². The molecule has 8 nitrogen and oxygen atoms in total. The third kappa shape index (κ3) is 8.56. The molecule has 10 heteroatoms. The standard InChI is InChI=1S/C36H41ClFN3O5/c1-24(42)40-17-15-28(16-18-40)41(35(43)46-36(2,3)4)23-30(25-9-7-6-8-10-25)26-11-13-31(37)29(21-26)33-27(22-39)12-14-32(34(33)38)45-20-19-44-5/h6-14,21,28,30H,15-20,23H2,1-5H3. The van der Waals surface area contributed by atoms with Gasteiger partial charge in [0.05, 0.1) is 18.2 Å². The molecule has 1 aliphatic rings. The van der Waals surface area contributed by atoms with Gasteiger partial charge in [0.1, 0.15) is 12.2 Å². The average Bonchev–Trinajstić information content (AvgIpc) is 3.02. The molecule has 1 saturated heterocycles. The number of carbonyl (C=O) groups excluding carboxylic acids is 2. The predicted octanol–water partition coefficient (Wildman–Crippen LogP) is 7.42. The van der Waals surface area contributed by atoms with Crippen LogP contribution in [0.3, 0.4) is 0 Å². The molecule has 0 spiro atoms. The maximum atomic E-state index is 16.0. The highest BCUT2D eigenvalue weighted by molar-refractivity contribution is 6.33. The zero-order valence-corrected chi connectivity index (χ0v) is 27.8. The summed E-state index contributed by atoms with van der Waals surface area (Å²) in [6.07, 6.45) is 0.778. The minimum atomic E-state index is -0.716. The van der Waals surface area contributed by atoms with E-state index in [2.05, 4.69) is 6.07 Å². The van der Waals surface area contributed by atoms with Crippen LogP contribution in [0.4, 0.5) is 9.18 Å². The number of hydrogen-bond donors (Lipinski definition) is 0. The molecule has 244 valence electrons. The van der Waals surface area contributed by atoms with Crippen molar-refractivity contribution in [3.63, 3.8) is 0 Å². The number of nitrogens with zero attached hydrogens (tertiary/aromatic N) is 3. The topological polar surface area (TPSA) is 92.1 Å². The van der Waals surface area contributed by atoms with Crippen LogP contribution < -0.4 is 4.74 Å². The van der Waals surface area contributed by atoms with Crippen molar-refractivity contribution < 1.29 is 28.2 Å². The molecule has 0 radical (unpaired) electrons. The van der Waals surface area contributed by atoms with Crippen molar-refractivity contribution in [1.82, 2.24) is 9.80 Å². The molecule has 1 atom stereocenters. The summed E-state index contributed by atoms with van der Waals surface area (Å²) in [6.45, 7) is 8.79. The number of methoxy groups -OCH3 is 1. The minimum absolute atomic E-state index is 0.00950. The molecule has 0 aromatic heterocycles. The lowest BCUT2D eigenvalue weighted by atomic mass is 9.87. The number of rotatable bonds is 10. The van der Waals surface area contributed by atoms with Crippen molar-refractivity contribution >= 4 is 23.6 Å². The molecule has 0 bridgehead atoms. The summed E-state index contributed by atoms with van der Waals surface area (Å²) in [5.41, 5.74) is 1.48. The van der Waals surface area contributed by atoms with Crippen LogP contribution in [0, 0.1) is 17.1 Å². The molecule has 1 fully saturated rings. The fourth-order valence-electron chi connectivity index (χ4n) is 5.68. The monoisotopic (exact) mass is 649 g/mol. The second-order valence-corrected chi connectivity index (χ2v) is 12.7. The highest BCUT2D eigenvalue weighted by atomic mass is 35.5. The predicted molar refractivity (Wildman–Crippen MR) is 175 cm³/mol. The van der Waals surface area contributed by atoms with Gasteiger partial charge in [-0.1, -0.05) is 48.0 Å². The Hall–Kier alpha value is -4.13. The molecule has 0 N–H and O–H groups in total. The minimum Gasteiger partial charge on any atom is -0.488 e. The van der Waals surface area contributed by atoms with E-state index in [1.165, 1.54) is 19.2 Å². The largest absolute Gasteiger partial charge is 0.488 e. The zero-order valence-electron chi connectivity index (χ0n) is 27.0. The number of carbonyl (C=O) groups is 2. The van der Waals surface area contributed by atoms with E-state index in [1.807, 2.05) is 57.2 Å². The molecule has 4 rings (SSSR count). The summed E-state index contributed by atoms with van der Waals surface area (Å²) in [6, 6.07) is 19.9.